The number of allylic oxidation sites excluding steroid dienone is 1. The molecule has 26 heavy (non-hydrogen) atoms. The highest BCUT2D eigenvalue weighted by atomic mass is 32.2. The van der Waals surface area contributed by atoms with E-state index >= 15 is 0 Å². The van der Waals surface area contributed by atoms with Gasteiger partial charge in [0.1, 0.15) is 11.3 Å². The third-order valence-electron chi connectivity index (χ3n) is 3.58. The summed E-state index contributed by atoms with van der Waals surface area (Å²) in [7, 11) is -3.55. The van der Waals surface area contributed by atoms with Crippen LogP contribution in [-0.2, 0) is 16.4 Å². The summed E-state index contributed by atoms with van der Waals surface area (Å²) in [5.74, 6) is 0.715. The van der Waals surface area contributed by atoms with Crippen LogP contribution in [0, 0.1) is 0 Å². The zero-order chi connectivity index (χ0) is 18.7. The quantitative estimate of drug-likeness (QED) is 0.668. The number of sulfonamides is 1. The fourth-order valence-corrected chi connectivity index (χ4v) is 3.03. The van der Waals surface area contributed by atoms with Crippen molar-refractivity contribution in [2.45, 2.75) is 6.42 Å². The molecule has 0 saturated heterocycles. The van der Waals surface area contributed by atoms with Gasteiger partial charge < -0.3 is 9.15 Å². The Bertz CT molecular complexity index is 1120. The van der Waals surface area contributed by atoms with Gasteiger partial charge in [0.05, 0.1) is 23.6 Å². The lowest BCUT2D eigenvalue weighted by molar-refractivity contribution is 0.485. The van der Waals surface area contributed by atoms with Crippen molar-refractivity contribution >= 4 is 26.7 Å². The van der Waals surface area contributed by atoms with Gasteiger partial charge in [0.25, 0.3) is 0 Å². The highest BCUT2D eigenvalue weighted by molar-refractivity contribution is 7.92. The van der Waals surface area contributed by atoms with E-state index in [4.69, 9.17) is 9.15 Å². The minimum Gasteiger partial charge on any atom is -0.464 e. The normalized spacial score (nSPS) is 11.3. The van der Waals surface area contributed by atoms with E-state index in [2.05, 4.69) is 11.3 Å². The number of hydrogen-bond donors (Lipinski definition) is 1. The molecule has 1 aromatic heterocycles. The minimum atomic E-state index is -3.55. The Labute approximate surface area is 150 Å². The average Bonchev–Trinajstić information content (AvgIpc) is 2.58. The minimum absolute atomic E-state index is 0.184. The lowest BCUT2D eigenvalue weighted by atomic mass is 10.1. The summed E-state index contributed by atoms with van der Waals surface area (Å²) in [6.07, 6.45) is 4.37. The number of rotatable bonds is 6. The zero-order valence-corrected chi connectivity index (χ0v) is 14.9. The second kappa shape index (κ2) is 7.05. The third-order valence-corrected chi connectivity index (χ3v) is 4.17. The van der Waals surface area contributed by atoms with Crippen LogP contribution in [0.1, 0.15) is 5.56 Å². The van der Waals surface area contributed by atoms with Crippen LogP contribution < -0.4 is 14.9 Å². The lowest BCUT2D eigenvalue weighted by Crippen LogP contribution is -2.12. The van der Waals surface area contributed by atoms with Gasteiger partial charge in [-0.15, -0.1) is 6.58 Å². The summed E-state index contributed by atoms with van der Waals surface area (Å²) in [6.45, 7) is 3.62. The van der Waals surface area contributed by atoms with Gasteiger partial charge in [-0.25, -0.2) is 8.42 Å². The first-order chi connectivity index (χ1) is 12.4. The molecule has 0 spiro atoms. The number of nitrogens with one attached hydrogen (secondary N) is 1. The van der Waals surface area contributed by atoms with Crippen LogP contribution in [0.2, 0.25) is 0 Å². The highest BCUT2D eigenvalue weighted by Gasteiger charge is 2.15. The lowest BCUT2D eigenvalue weighted by Gasteiger charge is -2.13. The van der Waals surface area contributed by atoms with Crippen molar-refractivity contribution in [3.8, 4) is 11.5 Å². The van der Waals surface area contributed by atoms with Crippen LogP contribution in [0.25, 0.3) is 11.0 Å². The van der Waals surface area contributed by atoms with Crippen LogP contribution in [0.5, 0.6) is 11.5 Å². The summed E-state index contributed by atoms with van der Waals surface area (Å²) in [5, 5.41) is 0.300. The van der Waals surface area contributed by atoms with Gasteiger partial charge in [-0.2, -0.15) is 0 Å². The first-order valence-electron chi connectivity index (χ1n) is 7.77. The SMILES string of the molecule is C=CCc1coc2cc(NS(C)(=O)=O)c(Oc3ccccc3)cc2c1=O. The number of anilines is 1. The van der Waals surface area contributed by atoms with E-state index in [0.29, 0.717) is 23.1 Å². The molecule has 0 aliphatic rings. The van der Waals surface area contributed by atoms with E-state index in [1.165, 1.54) is 18.4 Å². The summed E-state index contributed by atoms with van der Waals surface area (Å²) < 4.78 is 37.0. The Balaban J connectivity index is 2.19. The molecular weight excluding hydrogens is 354 g/mol. The standard InChI is InChI=1S/C19H17NO5S/c1-3-7-13-12-24-17-11-16(20-26(2,22)23)18(10-15(17)19(13)21)25-14-8-5-4-6-9-14/h3-6,8-12,20H,1,7H2,2H3. The first kappa shape index (κ1) is 17.8. The van der Waals surface area contributed by atoms with E-state index in [-0.39, 0.29) is 22.4 Å². The molecule has 3 aromatic rings. The Hall–Kier alpha value is -3.06. The molecular formula is C19H17NO5S. The predicted molar refractivity (Wildman–Crippen MR) is 101 cm³/mol. The van der Waals surface area contributed by atoms with Crippen molar-refractivity contribution in [2.24, 2.45) is 0 Å². The second-order valence-electron chi connectivity index (χ2n) is 5.72. The van der Waals surface area contributed by atoms with E-state index in [1.807, 2.05) is 6.07 Å². The van der Waals surface area contributed by atoms with Crippen molar-refractivity contribution in [1.29, 1.82) is 0 Å². The van der Waals surface area contributed by atoms with Crippen molar-refractivity contribution in [3.63, 3.8) is 0 Å². The number of fused-ring (bicyclic) bond motifs is 1. The molecule has 0 radical (unpaired) electrons. The van der Waals surface area contributed by atoms with Gasteiger partial charge in [0.15, 0.2) is 11.2 Å². The van der Waals surface area contributed by atoms with Crippen LogP contribution in [0.4, 0.5) is 5.69 Å². The number of para-hydroxylation sites is 1. The Morgan fingerprint density at radius 2 is 1.96 bits per heavy atom. The Morgan fingerprint density at radius 3 is 2.62 bits per heavy atom. The van der Waals surface area contributed by atoms with Gasteiger partial charge in [0, 0.05) is 11.6 Å². The van der Waals surface area contributed by atoms with Gasteiger partial charge in [-0.05, 0) is 24.6 Å². The maximum atomic E-state index is 12.6. The van der Waals surface area contributed by atoms with E-state index < -0.39 is 10.0 Å². The summed E-state index contributed by atoms with van der Waals surface area (Å²) >= 11 is 0. The fraction of sp³-hybridized carbons (Fsp3) is 0.105. The van der Waals surface area contributed by atoms with Crippen LogP contribution >= 0.6 is 0 Å². The smallest absolute Gasteiger partial charge is 0.229 e. The van der Waals surface area contributed by atoms with Crippen molar-refractivity contribution < 1.29 is 17.6 Å². The van der Waals surface area contributed by atoms with Gasteiger partial charge in [0.2, 0.25) is 10.0 Å². The Morgan fingerprint density at radius 1 is 1.23 bits per heavy atom. The van der Waals surface area contributed by atoms with E-state index in [9.17, 15) is 13.2 Å². The van der Waals surface area contributed by atoms with E-state index in [1.54, 1.807) is 30.3 Å². The molecule has 0 saturated carbocycles. The topological polar surface area (TPSA) is 85.6 Å². The highest BCUT2D eigenvalue weighted by Crippen LogP contribution is 2.33. The van der Waals surface area contributed by atoms with Crippen LogP contribution in [0.15, 0.2) is 70.6 Å². The molecule has 7 heteroatoms. The van der Waals surface area contributed by atoms with Crippen molar-refractivity contribution in [3.05, 3.63) is 77.2 Å². The van der Waals surface area contributed by atoms with Crippen molar-refractivity contribution in [2.75, 3.05) is 11.0 Å². The maximum absolute atomic E-state index is 12.6. The molecule has 6 nitrogen and oxygen atoms in total. The molecule has 0 aliphatic carbocycles. The second-order valence-corrected chi connectivity index (χ2v) is 7.47. The molecule has 0 aliphatic heterocycles. The molecule has 0 unspecified atom stereocenters. The van der Waals surface area contributed by atoms with Crippen LogP contribution in [-0.4, -0.2) is 14.7 Å². The Kier molecular flexibility index (Phi) is 4.81. The van der Waals surface area contributed by atoms with Gasteiger partial charge in [-0.3, -0.25) is 9.52 Å². The first-order valence-corrected chi connectivity index (χ1v) is 9.66. The molecule has 0 amide bonds. The summed E-state index contributed by atoms with van der Waals surface area (Å²) in [4.78, 5) is 12.6. The van der Waals surface area contributed by atoms with Gasteiger partial charge >= 0.3 is 0 Å². The fourth-order valence-electron chi connectivity index (χ4n) is 2.47. The molecule has 3 rings (SSSR count). The molecule has 0 bridgehead atoms. The molecule has 1 heterocycles. The predicted octanol–water partition coefficient (Wildman–Crippen LogP) is 3.69. The van der Waals surface area contributed by atoms with Gasteiger partial charge in [-0.1, -0.05) is 24.3 Å². The molecule has 0 fully saturated rings. The largest absolute Gasteiger partial charge is 0.464 e. The zero-order valence-electron chi connectivity index (χ0n) is 14.1. The van der Waals surface area contributed by atoms with Crippen LogP contribution in [0.3, 0.4) is 0 Å². The molecule has 134 valence electrons. The number of benzene rings is 2. The molecule has 0 atom stereocenters. The number of hydrogen-bond acceptors (Lipinski definition) is 5. The monoisotopic (exact) mass is 371 g/mol. The van der Waals surface area contributed by atoms with Crippen molar-refractivity contribution in [1.82, 2.24) is 0 Å². The molecule has 2 aromatic carbocycles. The summed E-state index contributed by atoms with van der Waals surface area (Å²) in [5.41, 5.74) is 0.690. The third kappa shape index (κ3) is 3.94. The maximum Gasteiger partial charge on any atom is 0.229 e. The van der Waals surface area contributed by atoms with E-state index in [0.717, 1.165) is 6.26 Å². The molecule has 1 N–H and O–H groups in total. The summed E-state index contributed by atoms with van der Waals surface area (Å²) in [6, 6.07) is 11.8. The average molecular weight is 371 g/mol. The number of ether oxygens (including phenoxy) is 1.